The number of carbonyl (C=O) groups excluding carboxylic acids is 1. The summed E-state index contributed by atoms with van der Waals surface area (Å²) in [5, 5.41) is 3.46. The molecule has 0 saturated heterocycles. The van der Waals surface area contributed by atoms with Crippen molar-refractivity contribution in [1.82, 2.24) is 4.57 Å². The number of hydrogen-bond acceptors (Lipinski definition) is 3. The van der Waals surface area contributed by atoms with Crippen molar-refractivity contribution in [1.29, 1.82) is 0 Å². The van der Waals surface area contributed by atoms with Gasteiger partial charge in [-0.25, -0.2) is 0 Å². The minimum absolute atomic E-state index is 0. The van der Waals surface area contributed by atoms with Crippen LogP contribution in [0.15, 0.2) is 47.4 Å². The Morgan fingerprint density at radius 3 is 2.54 bits per heavy atom. The van der Waals surface area contributed by atoms with Crippen LogP contribution in [0.1, 0.15) is 37.7 Å². The number of nitrogens with one attached hydrogen (secondary N) is 1. The number of benzene rings is 1. The normalized spacial score (nSPS) is 10.2. The molecule has 2 aromatic rings. The van der Waals surface area contributed by atoms with Crippen molar-refractivity contribution < 1.29 is 4.79 Å². The molecule has 0 aliphatic heterocycles. The predicted octanol–water partition coefficient (Wildman–Crippen LogP) is 3.82. The molecule has 0 bridgehead atoms. The molecule has 26 heavy (non-hydrogen) atoms. The first-order chi connectivity index (χ1) is 12.1. The van der Waals surface area contributed by atoms with E-state index in [1.807, 2.05) is 18.2 Å². The zero-order valence-corrected chi connectivity index (χ0v) is 16.2. The van der Waals surface area contributed by atoms with E-state index in [4.69, 9.17) is 17.3 Å². The van der Waals surface area contributed by atoms with Crippen molar-refractivity contribution in [3.8, 4) is 0 Å². The molecular weight excluding hydrogens is 373 g/mol. The summed E-state index contributed by atoms with van der Waals surface area (Å²) < 4.78 is 1.54. The summed E-state index contributed by atoms with van der Waals surface area (Å²) in [6.07, 6.45) is 6.00. The molecule has 0 atom stereocenters. The molecule has 7 heteroatoms. The highest BCUT2D eigenvalue weighted by Crippen LogP contribution is 2.16. The van der Waals surface area contributed by atoms with Gasteiger partial charge in [-0.15, -0.1) is 12.4 Å². The Bertz CT molecular complexity index is 762. The second kappa shape index (κ2) is 11.7. The van der Waals surface area contributed by atoms with Gasteiger partial charge in [-0.1, -0.05) is 42.6 Å². The van der Waals surface area contributed by atoms with E-state index in [0.29, 0.717) is 30.2 Å². The number of rotatable bonds is 9. The maximum absolute atomic E-state index is 12.0. The zero-order chi connectivity index (χ0) is 18.1. The molecule has 5 nitrogen and oxygen atoms in total. The summed E-state index contributed by atoms with van der Waals surface area (Å²) in [4.78, 5) is 24.1. The molecule has 0 radical (unpaired) electrons. The fourth-order valence-corrected chi connectivity index (χ4v) is 2.74. The Labute approximate surface area is 165 Å². The Hall–Kier alpha value is -1.82. The van der Waals surface area contributed by atoms with Crippen LogP contribution >= 0.6 is 24.0 Å². The predicted molar refractivity (Wildman–Crippen MR) is 109 cm³/mol. The minimum atomic E-state index is -0.139. The maximum atomic E-state index is 12.0. The summed E-state index contributed by atoms with van der Waals surface area (Å²) in [5.74, 6) is -0.0457. The standard InChI is InChI=1S/C19H24ClN3O2.ClH/c20-17-8-5-4-7-15(17)13-23-14-16(10-11-19(23)25)22-18(24)9-3-1-2-6-12-21;/h4-5,7-8,10-11,14H,1-3,6,9,12-13,21H2,(H,22,24);1H. The fraction of sp³-hybridized carbons (Fsp3) is 0.368. The molecule has 0 aliphatic rings. The van der Waals surface area contributed by atoms with Crippen molar-refractivity contribution in [2.45, 2.75) is 38.6 Å². The van der Waals surface area contributed by atoms with E-state index in [9.17, 15) is 9.59 Å². The first-order valence-electron chi connectivity index (χ1n) is 8.54. The topological polar surface area (TPSA) is 77.1 Å². The Morgan fingerprint density at radius 1 is 1.08 bits per heavy atom. The van der Waals surface area contributed by atoms with Crippen LogP contribution in [-0.2, 0) is 11.3 Å². The lowest BCUT2D eigenvalue weighted by Crippen LogP contribution is -2.21. The third kappa shape index (κ3) is 7.20. The first kappa shape index (κ1) is 22.2. The molecule has 1 heterocycles. The van der Waals surface area contributed by atoms with Crippen LogP contribution in [0.3, 0.4) is 0 Å². The van der Waals surface area contributed by atoms with Crippen LogP contribution in [-0.4, -0.2) is 17.0 Å². The summed E-state index contributed by atoms with van der Waals surface area (Å²) in [5.41, 5.74) is 6.77. The fourth-order valence-electron chi connectivity index (χ4n) is 2.55. The first-order valence-corrected chi connectivity index (χ1v) is 8.92. The van der Waals surface area contributed by atoms with E-state index in [-0.39, 0.29) is 23.9 Å². The lowest BCUT2D eigenvalue weighted by atomic mass is 10.1. The molecule has 3 N–H and O–H groups in total. The van der Waals surface area contributed by atoms with Gasteiger partial charge in [0.1, 0.15) is 0 Å². The van der Waals surface area contributed by atoms with Crippen molar-refractivity contribution in [3.63, 3.8) is 0 Å². The average Bonchev–Trinajstić information content (AvgIpc) is 2.59. The van der Waals surface area contributed by atoms with E-state index >= 15 is 0 Å². The van der Waals surface area contributed by atoms with E-state index in [1.165, 1.54) is 10.6 Å². The van der Waals surface area contributed by atoms with Gasteiger partial charge in [-0.2, -0.15) is 0 Å². The van der Waals surface area contributed by atoms with Gasteiger partial charge in [0.15, 0.2) is 0 Å². The highest BCUT2D eigenvalue weighted by atomic mass is 35.5. The van der Waals surface area contributed by atoms with Crippen molar-refractivity contribution in [2.75, 3.05) is 11.9 Å². The van der Waals surface area contributed by atoms with Crippen LogP contribution in [0.25, 0.3) is 0 Å². The number of carbonyl (C=O) groups is 1. The molecule has 0 saturated carbocycles. The number of nitrogens with zero attached hydrogens (tertiary/aromatic N) is 1. The lowest BCUT2D eigenvalue weighted by Gasteiger charge is -2.10. The second-order valence-electron chi connectivity index (χ2n) is 5.98. The van der Waals surface area contributed by atoms with E-state index < -0.39 is 0 Å². The lowest BCUT2D eigenvalue weighted by molar-refractivity contribution is -0.116. The Morgan fingerprint density at radius 2 is 1.81 bits per heavy atom. The summed E-state index contributed by atoms with van der Waals surface area (Å²) >= 11 is 6.15. The van der Waals surface area contributed by atoms with Crippen LogP contribution in [0.5, 0.6) is 0 Å². The van der Waals surface area contributed by atoms with Crippen LogP contribution < -0.4 is 16.6 Å². The van der Waals surface area contributed by atoms with E-state index in [1.54, 1.807) is 18.3 Å². The minimum Gasteiger partial charge on any atom is -0.330 e. The summed E-state index contributed by atoms with van der Waals surface area (Å²) in [7, 11) is 0. The molecule has 1 amide bonds. The van der Waals surface area contributed by atoms with Crippen LogP contribution in [0, 0.1) is 0 Å². The number of amides is 1. The largest absolute Gasteiger partial charge is 0.330 e. The number of halogens is 2. The van der Waals surface area contributed by atoms with Gasteiger partial charge >= 0.3 is 0 Å². The highest BCUT2D eigenvalue weighted by Gasteiger charge is 2.06. The average molecular weight is 398 g/mol. The molecule has 0 spiro atoms. The third-order valence-corrected chi connectivity index (χ3v) is 4.29. The van der Waals surface area contributed by atoms with Gasteiger partial charge in [-0.3, -0.25) is 9.59 Å². The monoisotopic (exact) mass is 397 g/mol. The Balaban J connectivity index is 0.00000338. The number of pyridine rings is 1. The van der Waals surface area contributed by atoms with Crippen LogP contribution in [0.2, 0.25) is 5.02 Å². The van der Waals surface area contributed by atoms with Gasteiger partial charge in [0.05, 0.1) is 12.2 Å². The van der Waals surface area contributed by atoms with Gasteiger partial charge < -0.3 is 15.6 Å². The SMILES string of the molecule is Cl.NCCCCCCC(=O)Nc1ccc(=O)n(Cc2ccccc2Cl)c1. The molecule has 0 aliphatic carbocycles. The Kier molecular flexibility index (Phi) is 10.0. The molecule has 0 fully saturated rings. The van der Waals surface area contributed by atoms with Gasteiger partial charge in [0.2, 0.25) is 5.91 Å². The highest BCUT2D eigenvalue weighted by molar-refractivity contribution is 6.31. The second-order valence-corrected chi connectivity index (χ2v) is 6.38. The van der Waals surface area contributed by atoms with E-state index in [0.717, 1.165) is 31.2 Å². The maximum Gasteiger partial charge on any atom is 0.250 e. The van der Waals surface area contributed by atoms with Crippen molar-refractivity contribution in [2.24, 2.45) is 5.73 Å². The third-order valence-electron chi connectivity index (χ3n) is 3.92. The quantitative estimate of drug-likeness (QED) is 0.631. The van der Waals surface area contributed by atoms with Gasteiger partial charge in [0.25, 0.3) is 5.56 Å². The molecular formula is C19H25Cl2N3O2. The molecule has 142 valence electrons. The number of anilines is 1. The number of hydrogen-bond donors (Lipinski definition) is 2. The number of aromatic nitrogens is 1. The van der Waals surface area contributed by atoms with Crippen molar-refractivity contribution in [3.05, 3.63) is 63.5 Å². The van der Waals surface area contributed by atoms with Crippen molar-refractivity contribution >= 4 is 35.6 Å². The van der Waals surface area contributed by atoms with Gasteiger partial charge in [-0.05, 0) is 37.1 Å². The smallest absolute Gasteiger partial charge is 0.250 e. The van der Waals surface area contributed by atoms with E-state index in [2.05, 4.69) is 5.32 Å². The summed E-state index contributed by atoms with van der Waals surface area (Å²) in [6.45, 7) is 1.06. The molecule has 1 aromatic carbocycles. The molecule has 0 unspecified atom stereocenters. The number of unbranched alkanes of at least 4 members (excludes halogenated alkanes) is 3. The number of nitrogens with two attached hydrogens (primary N) is 1. The van der Waals surface area contributed by atoms with Gasteiger partial charge in [0, 0.05) is 23.7 Å². The molecule has 2 rings (SSSR count). The molecule has 1 aromatic heterocycles. The van der Waals surface area contributed by atoms with Crippen LogP contribution in [0.4, 0.5) is 5.69 Å². The zero-order valence-electron chi connectivity index (χ0n) is 14.6. The summed E-state index contributed by atoms with van der Waals surface area (Å²) in [6, 6.07) is 10.5.